The van der Waals surface area contributed by atoms with Crippen LogP contribution in [0, 0.1) is 0 Å². The van der Waals surface area contributed by atoms with Crippen LogP contribution in [0.25, 0.3) is 0 Å². The second-order valence-corrected chi connectivity index (χ2v) is 7.08. The van der Waals surface area contributed by atoms with Crippen LogP contribution in [-0.4, -0.2) is 29.8 Å². The van der Waals surface area contributed by atoms with Crippen LogP contribution in [0.4, 0.5) is 4.79 Å². The van der Waals surface area contributed by atoms with Crippen molar-refractivity contribution in [3.63, 3.8) is 0 Å². The molecule has 4 nitrogen and oxygen atoms in total. The van der Waals surface area contributed by atoms with E-state index in [2.05, 4.69) is 10.6 Å². The molecule has 110 valence electrons. The molecule has 4 heteroatoms. The molecular formula is C15H28N2O2. The maximum absolute atomic E-state index is 11.7. The molecule has 19 heavy (non-hydrogen) atoms. The zero-order valence-electron chi connectivity index (χ0n) is 12.6. The maximum Gasteiger partial charge on any atom is 0.407 e. The SMILES string of the molecule is CC(C)(C)OC(=O)NC1CCC2(CCCCN2)CC1. The summed E-state index contributed by atoms with van der Waals surface area (Å²) in [5.41, 5.74) is -0.0464. The van der Waals surface area contributed by atoms with Gasteiger partial charge in [0.1, 0.15) is 5.60 Å². The summed E-state index contributed by atoms with van der Waals surface area (Å²) < 4.78 is 5.31. The molecule has 1 spiro atoms. The third-order valence-corrected chi connectivity index (χ3v) is 4.25. The number of alkyl carbamates (subject to hydrolysis) is 1. The Hall–Kier alpha value is -0.770. The van der Waals surface area contributed by atoms with Gasteiger partial charge in [-0.3, -0.25) is 0 Å². The third-order valence-electron chi connectivity index (χ3n) is 4.25. The number of rotatable bonds is 1. The van der Waals surface area contributed by atoms with Crippen molar-refractivity contribution in [2.45, 2.75) is 82.9 Å². The van der Waals surface area contributed by atoms with Crippen molar-refractivity contribution in [2.75, 3.05) is 6.54 Å². The number of carbonyl (C=O) groups excluding carboxylic acids is 1. The Morgan fingerprint density at radius 2 is 1.89 bits per heavy atom. The summed E-state index contributed by atoms with van der Waals surface area (Å²) in [6, 6.07) is 0.282. The number of hydrogen-bond acceptors (Lipinski definition) is 3. The highest BCUT2D eigenvalue weighted by Gasteiger charge is 2.36. The monoisotopic (exact) mass is 268 g/mol. The van der Waals surface area contributed by atoms with Crippen LogP contribution in [0.3, 0.4) is 0 Å². The van der Waals surface area contributed by atoms with E-state index < -0.39 is 5.60 Å². The first kappa shape index (κ1) is 14.6. The number of hydrogen-bond donors (Lipinski definition) is 2. The predicted molar refractivity (Wildman–Crippen MR) is 76.2 cm³/mol. The number of nitrogens with one attached hydrogen (secondary N) is 2. The van der Waals surface area contributed by atoms with Gasteiger partial charge in [0.25, 0.3) is 0 Å². The summed E-state index contributed by atoms with van der Waals surface area (Å²) >= 11 is 0. The van der Waals surface area contributed by atoms with Crippen molar-refractivity contribution >= 4 is 6.09 Å². The Labute approximate surface area is 116 Å². The zero-order chi connectivity index (χ0) is 13.9. The minimum absolute atomic E-state index is 0.273. The molecule has 0 aromatic rings. The van der Waals surface area contributed by atoms with Gasteiger partial charge in [0, 0.05) is 11.6 Å². The normalized spacial score (nSPS) is 32.1. The lowest BCUT2D eigenvalue weighted by Crippen LogP contribution is -2.53. The summed E-state index contributed by atoms with van der Waals surface area (Å²) in [6.45, 7) is 6.85. The zero-order valence-corrected chi connectivity index (χ0v) is 12.6. The van der Waals surface area contributed by atoms with Gasteiger partial charge >= 0.3 is 6.09 Å². The van der Waals surface area contributed by atoms with E-state index in [1.165, 1.54) is 32.1 Å². The number of ether oxygens (including phenoxy) is 1. The highest BCUT2D eigenvalue weighted by molar-refractivity contribution is 5.68. The molecule has 1 aliphatic heterocycles. The molecular weight excluding hydrogens is 240 g/mol. The average molecular weight is 268 g/mol. The Morgan fingerprint density at radius 1 is 1.21 bits per heavy atom. The summed E-state index contributed by atoms with van der Waals surface area (Å²) in [6.07, 6.45) is 8.15. The Morgan fingerprint density at radius 3 is 2.42 bits per heavy atom. The smallest absolute Gasteiger partial charge is 0.407 e. The van der Waals surface area contributed by atoms with E-state index in [1.807, 2.05) is 20.8 Å². The lowest BCUT2D eigenvalue weighted by molar-refractivity contribution is 0.0473. The Bertz CT molecular complexity index is 307. The van der Waals surface area contributed by atoms with Gasteiger partial charge in [0.2, 0.25) is 0 Å². The molecule has 2 rings (SSSR count). The van der Waals surface area contributed by atoms with E-state index in [0.29, 0.717) is 5.54 Å². The van der Waals surface area contributed by atoms with Crippen molar-refractivity contribution < 1.29 is 9.53 Å². The first-order valence-electron chi connectivity index (χ1n) is 7.63. The van der Waals surface area contributed by atoms with E-state index in [-0.39, 0.29) is 12.1 Å². The highest BCUT2D eigenvalue weighted by Crippen LogP contribution is 2.34. The van der Waals surface area contributed by atoms with E-state index in [4.69, 9.17) is 4.74 Å². The van der Waals surface area contributed by atoms with Crippen LogP contribution >= 0.6 is 0 Å². The topological polar surface area (TPSA) is 50.4 Å². The van der Waals surface area contributed by atoms with E-state index in [9.17, 15) is 4.79 Å². The molecule has 2 aliphatic rings. The minimum Gasteiger partial charge on any atom is -0.444 e. The predicted octanol–water partition coefficient (Wildman–Crippen LogP) is 2.97. The standard InChI is InChI=1S/C15H28N2O2/c1-14(2,3)19-13(18)17-12-6-9-15(10-7-12)8-4-5-11-16-15/h12,16H,4-11H2,1-3H3,(H,17,18). The van der Waals surface area contributed by atoms with Gasteiger partial charge in [-0.2, -0.15) is 0 Å². The molecule has 1 heterocycles. The lowest BCUT2D eigenvalue weighted by atomic mass is 9.75. The highest BCUT2D eigenvalue weighted by atomic mass is 16.6. The van der Waals surface area contributed by atoms with Gasteiger partial charge in [-0.25, -0.2) is 4.79 Å². The van der Waals surface area contributed by atoms with Crippen LogP contribution in [0.2, 0.25) is 0 Å². The quantitative estimate of drug-likeness (QED) is 0.768. The summed E-state index contributed by atoms with van der Waals surface area (Å²) in [5.74, 6) is 0. The van der Waals surface area contributed by atoms with Crippen molar-refractivity contribution in [3.05, 3.63) is 0 Å². The van der Waals surface area contributed by atoms with Crippen LogP contribution in [0.15, 0.2) is 0 Å². The fourth-order valence-corrected chi connectivity index (χ4v) is 3.25. The molecule has 2 fully saturated rings. The molecule has 1 aliphatic carbocycles. The van der Waals surface area contributed by atoms with Gasteiger partial charge in [-0.15, -0.1) is 0 Å². The summed E-state index contributed by atoms with van der Waals surface area (Å²) in [4.78, 5) is 11.7. The minimum atomic E-state index is -0.412. The number of piperidine rings is 1. The second kappa shape index (κ2) is 5.70. The second-order valence-electron chi connectivity index (χ2n) is 7.08. The molecule has 0 radical (unpaired) electrons. The number of carbonyl (C=O) groups is 1. The van der Waals surface area contributed by atoms with Gasteiger partial charge < -0.3 is 15.4 Å². The van der Waals surface area contributed by atoms with E-state index in [0.717, 1.165) is 19.4 Å². The average Bonchev–Trinajstić information content (AvgIpc) is 2.31. The molecule has 0 aromatic heterocycles. The van der Waals surface area contributed by atoms with Crippen LogP contribution < -0.4 is 10.6 Å². The Balaban J connectivity index is 1.75. The van der Waals surface area contributed by atoms with Crippen molar-refractivity contribution in [3.8, 4) is 0 Å². The number of amides is 1. The van der Waals surface area contributed by atoms with Gasteiger partial charge in [0.15, 0.2) is 0 Å². The molecule has 2 N–H and O–H groups in total. The van der Waals surface area contributed by atoms with Crippen LogP contribution in [-0.2, 0) is 4.74 Å². The van der Waals surface area contributed by atoms with Gasteiger partial charge in [-0.1, -0.05) is 6.42 Å². The Kier molecular flexibility index (Phi) is 4.39. The van der Waals surface area contributed by atoms with Crippen molar-refractivity contribution in [1.29, 1.82) is 0 Å². The van der Waals surface area contributed by atoms with Gasteiger partial charge in [0.05, 0.1) is 0 Å². The first-order valence-corrected chi connectivity index (χ1v) is 7.63. The molecule has 0 bridgehead atoms. The third kappa shape index (κ3) is 4.37. The van der Waals surface area contributed by atoms with Crippen LogP contribution in [0.1, 0.15) is 65.7 Å². The molecule has 0 unspecified atom stereocenters. The van der Waals surface area contributed by atoms with Crippen LogP contribution in [0.5, 0.6) is 0 Å². The van der Waals surface area contributed by atoms with Gasteiger partial charge in [-0.05, 0) is 65.8 Å². The molecule has 0 aromatic carbocycles. The fourth-order valence-electron chi connectivity index (χ4n) is 3.25. The first-order chi connectivity index (χ1) is 8.89. The largest absolute Gasteiger partial charge is 0.444 e. The molecule has 0 atom stereocenters. The molecule has 1 saturated heterocycles. The molecule has 1 saturated carbocycles. The van der Waals surface area contributed by atoms with E-state index in [1.54, 1.807) is 0 Å². The van der Waals surface area contributed by atoms with Crippen molar-refractivity contribution in [1.82, 2.24) is 10.6 Å². The van der Waals surface area contributed by atoms with Crippen molar-refractivity contribution in [2.24, 2.45) is 0 Å². The maximum atomic E-state index is 11.7. The molecule has 1 amide bonds. The fraction of sp³-hybridized carbons (Fsp3) is 0.933. The lowest BCUT2D eigenvalue weighted by Gasteiger charge is -2.43. The van der Waals surface area contributed by atoms with E-state index >= 15 is 0 Å². The summed E-state index contributed by atoms with van der Waals surface area (Å²) in [7, 11) is 0. The summed E-state index contributed by atoms with van der Waals surface area (Å²) in [5, 5.41) is 6.71.